The Morgan fingerprint density at radius 1 is 1.10 bits per heavy atom. The van der Waals surface area contributed by atoms with Crippen LogP contribution in [-0.4, -0.2) is 20.1 Å². The van der Waals surface area contributed by atoms with Crippen molar-refractivity contribution in [2.75, 3.05) is 5.73 Å². The van der Waals surface area contributed by atoms with Gasteiger partial charge >= 0.3 is 0 Å². The molecular weight excluding hydrogens is 402 g/mol. The van der Waals surface area contributed by atoms with Crippen LogP contribution in [0.2, 0.25) is 0 Å². The number of nitrogens with two attached hydrogens (primary N) is 1. The van der Waals surface area contributed by atoms with Crippen molar-refractivity contribution in [3.8, 4) is 23.1 Å². The third-order valence-corrected chi connectivity index (χ3v) is 3.85. The number of aromatic nitrogens is 4. The van der Waals surface area contributed by atoms with Crippen LogP contribution in [0.3, 0.4) is 0 Å². The second-order valence-electron chi connectivity index (χ2n) is 4.36. The van der Waals surface area contributed by atoms with Crippen LogP contribution in [0.1, 0.15) is 5.56 Å². The van der Waals surface area contributed by atoms with E-state index in [9.17, 15) is 0 Å². The Bertz CT molecular complexity index is 801. The van der Waals surface area contributed by atoms with E-state index in [-0.39, 0.29) is 0 Å². The molecule has 2 aromatic heterocycles. The molecule has 106 valence electrons. The number of aryl methyl sites for hydroxylation is 1. The number of anilines is 1. The van der Waals surface area contributed by atoms with Gasteiger partial charge < -0.3 is 10.3 Å². The average molecular weight is 411 g/mol. The first kappa shape index (κ1) is 14.2. The first-order chi connectivity index (χ1) is 10.0. The lowest BCUT2D eigenvalue weighted by molar-refractivity contribution is 0.432. The molecular formula is C13H9Br2N5O. The summed E-state index contributed by atoms with van der Waals surface area (Å²) in [4.78, 5) is 12.6. The maximum Gasteiger partial charge on any atom is 0.260 e. The van der Waals surface area contributed by atoms with Gasteiger partial charge in [0.15, 0.2) is 0 Å². The summed E-state index contributed by atoms with van der Waals surface area (Å²) in [6.07, 6.45) is 3.39. The summed E-state index contributed by atoms with van der Waals surface area (Å²) in [6.45, 7) is 1.91. The minimum Gasteiger partial charge on any atom is -0.397 e. The van der Waals surface area contributed by atoms with Crippen LogP contribution >= 0.6 is 31.9 Å². The summed E-state index contributed by atoms with van der Waals surface area (Å²) in [5, 5.41) is 3.90. The molecule has 0 saturated heterocycles. The molecule has 0 atom stereocenters. The van der Waals surface area contributed by atoms with E-state index in [2.05, 4.69) is 52.0 Å². The van der Waals surface area contributed by atoms with Gasteiger partial charge in [0.05, 0.1) is 11.3 Å². The van der Waals surface area contributed by atoms with Crippen LogP contribution in [0.15, 0.2) is 38.0 Å². The van der Waals surface area contributed by atoms with Crippen molar-refractivity contribution in [2.45, 2.75) is 6.92 Å². The Morgan fingerprint density at radius 2 is 1.81 bits per heavy atom. The minimum absolute atomic E-state index is 0.314. The Labute approximate surface area is 137 Å². The molecule has 0 bridgehead atoms. The van der Waals surface area contributed by atoms with Crippen molar-refractivity contribution in [3.05, 3.63) is 39.0 Å². The molecule has 21 heavy (non-hydrogen) atoms. The lowest BCUT2D eigenvalue weighted by Gasteiger charge is -2.04. The maximum absolute atomic E-state index is 6.02. The van der Waals surface area contributed by atoms with E-state index in [1.54, 1.807) is 12.4 Å². The number of hydrogen-bond acceptors (Lipinski definition) is 6. The molecule has 3 aromatic rings. The molecule has 0 aliphatic carbocycles. The summed E-state index contributed by atoms with van der Waals surface area (Å²) in [7, 11) is 0. The van der Waals surface area contributed by atoms with Crippen molar-refractivity contribution in [1.82, 2.24) is 20.1 Å². The van der Waals surface area contributed by atoms with E-state index in [0.29, 0.717) is 28.8 Å². The molecule has 0 saturated carbocycles. The molecule has 0 spiro atoms. The normalized spacial score (nSPS) is 10.8. The predicted octanol–water partition coefficient (Wildman–Crippen LogP) is 3.61. The lowest BCUT2D eigenvalue weighted by atomic mass is 10.2. The van der Waals surface area contributed by atoms with Crippen LogP contribution in [0, 0.1) is 6.92 Å². The fourth-order valence-electron chi connectivity index (χ4n) is 1.69. The van der Waals surface area contributed by atoms with Crippen molar-refractivity contribution in [1.29, 1.82) is 0 Å². The first-order valence-corrected chi connectivity index (χ1v) is 7.51. The van der Waals surface area contributed by atoms with Gasteiger partial charge in [0, 0.05) is 21.3 Å². The second-order valence-corrected chi connectivity index (χ2v) is 6.13. The van der Waals surface area contributed by atoms with E-state index in [1.807, 2.05) is 19.1 Å². The highest BCUT2D eigenvalue weighted by molar-refractivity contribution is 9.11. The molecule has 0 aliphatic heterocycles. The van der Waals surface area contributed by atoms with Crippen LogP contribution in [0.5, 0.6) is 0 Å². The molecule has 8 heteroatoms. The van der Waals surface area contributed by atoms with Gasteiger partial charge in [0.2, 0.25) is 11.6 Å². The Balaban J connectivity index is 2.04. The maximum atomic E-state index is 6.02. The first-order valence-electron chi connectivity index (χ1n) is 5.92. The van der Waals surface area contributed by atoms with E-state index in [4.69, 9.17) is 10.3 Å². The summed E-state index contributed by atoms with van der Waals surface area (Å²) in [5.74, 6) is 1.04. The lowest BCUT2D eigenvalue weighted by Crippen LogP contribution is -1.93. The van der Waals surface area contributed by atoms with Crippen LogP contribution < -0.4 is 5.73 Å². The zero-order valence-corrected chi connectivity index (χ0v) is 14.0. The molecule has 2 N–H and O–H groups in total. The quantitative estimate of drug-likeness (QED) is 0.649. The zero-order chi connectivity index (χ0) is 15.0. The molecule has 2 heterocycles. The molecule has 0 amide bonds. The van der Waals surface area contributed by atoms with Gasteiger partial charge in [-0.05, 0) is 40.5 Å². The summed E-state index contributed by atoms with van der Waals surface area (Å²) < 4.78 is 6.86. The summed E-state index contributed by atoms with van der Waals surface area (Å²) in [6, 6.07) is 3.66. The number of nitrogens with zero attached hydrogens (tertiary/aromatic N) is 4. The Morgan fingerprint density at radius 3 is 2.52 bits per heavy atom. The largest absolute Gasteiger partial charge is 0.397 e. The number of benzene rings is 1. The van der Waals surface area contributed by atoms with Crippen molar-refractivity contribution >= 4 is 37.5 Å². The van der Waals surface area contributed by atoms with Gasteiger partial charge in [0.25, 0.3) is 5.89 Å². The highest BCUT2D eigenvalue weighted by atomic mass is 79.9. The van der Waals surface area contributed by atoms with Crippen LogP contribution in [0.4, 0.5) is 5.69 Å². The molecule has 0 fully saturated rings. The summed E-state index contributed by atoms with van der Waals surface area (Å²) >= 11 is 6.79. The highest BCUT2D eigenvalue weighted by Crippen LogP contribution is 2.34. The van der Waals surface area contributed by atoms with Gasteiger partial charge in [-0.3, -0.25) is 0 Å². The molecule has 0 radical (unpaired) electrons. The fourth-order valence-corrected chi connectivity index (χ4v) is 2.92. The molecule has 6 nitrogen and oxygen atoms in total. The number of nitrogen functional groups attached to an aromatic ring is 1. The van der Waals surface area contributed by atoms with Gasteiger partial charge in [-0.2, -0.15) is 4.98 Å². The Kier molecular flexibility index (Phi) is 3.73. The van der Waals surface area contributed by atoms with Gasteiger partial charge in [-0.25, -0.2) is 9.97 Å². The topological polar surface area (TPSA) is 90.7 Å². The van der Waals surface area contributed by atoms with Crippen molar-refractivity contribution in [2.24, 2.45) is 0 Å². The molecule has 0 unspecified atom stereocenters. The standard InChI is InChI=1S/C13H9Br2N5O/c1-6-4-17-11(18-5-6)12-19-13(21-20-12)8-2-7(14)3-9(15)10(8)16/h2-5H,16H2,1H3. The third-order valence-electron chi connectivity index (χ3n) is 2.73. The van der Waals surface area contributed by atoms with E-state index in [0.717, 1.165) is 14.5 Å². The highest BCUT2D eigenvalue weighted by Gasteiger charge is 2.16. The molecule has 0 aliphatic rings. The van der Waals surface area contributed by atoms with E-state index in [1.165, 1.54) is 0 Å². The summed E-state index contributed by atoms with van der Waals surface area (Å²) in [5.41, 5.74) is 8.15. The second kappa shape index (κ2) is 5.53. The SMILES string of the molecule is Cc1cnc(-c2noc(-c3cc(Br)cc(Br)c3N)n2)nc1. The third kappa shape index (κ3) is 2.81. The Hall–Kier alpha value is -1.80. The van der Waals surface area contributed by atoms with Gasteiger partial charge in [0.1, 0.15) is 0 Å². The van der Waals surface area contributed by atoms with Crippen LogP contribution in [0.25, 0.3) is 23.1 Å². The van der Waals surface area contributed by atoms with Crippen molar-refractivity contribution < 1.29 is 4.52 Å². The molecule has 3 rings (SSSR count). The fraction of sp³-hybridized carbons (Fsp3) is 0.0769. The zero-order valence-electron chi connectivity index (χ0n) is 10.8. The van der Waals surface area contributed by atoms with Crippen molar-refractivity contribution in [3.63, 3.8) is 0 Å². The molecule has 1 aromatic carbocycles. The smallest absolute Gasteiger partial charge is 0.260 e. The van der Waals surface area contributed by atoms with Crippen LogP contribution in [-0.2, 0) is 0 Å². The van der Waals surface area contributed by atoms with Gasteiger partial charge in [-0.1, -0.05) is 21.1 Å². The van der Waals surface area contributed by atoms with E-state index >= 15 is 0 Å². The number of halogens is 2. The average Bonchev–Trinajstić information content (AvgIpc) is 2.93. The minimum atomic E-state index is 0.314. The number of hydrogen-bond donors (Lipinski definition) is 1. The number of rotatable bonds is 2. The monoisotopic (exact) mass is 409 g/mol. The predicted molar refractivity (Wildman–Crippen MR) is 85.3 cm³/mol. The van der Waals surface area contributed by atoms with E-state index < -0.39 is 0 Å². The van der Waals surface area contributed by atoms with Gasteiger partial charge in [-0.15, -0.1) is 0 Å².